The van der Waals surface area contributed by atoms with E-state index in [9.17, 15) is 13.2 Å². The number of halogens is 3. The molecular formula is C5H8F3. The Morgan fingerprint density at radius 2 is 1.88 bits per heavy atom. The Balaban J connectivity index is 3.71. The van der Waals surface area contributed by atoms with Crippen LogP contribution in [0.4, 0.5) is 13.2 Å². The summed E-state index contributed by atoms with van der Waals surface area (Å²) in [4.78, 5) is 0. The highest BCUT2D eigenvalue weighted by molar-refractivity contribution is 4.86. The summed E-state index contributed by atoms with van der Waals surface area (Å²) in [5.74, 6) is 0. The largest absolute Gasteiger partial charge is 0.346 e. The Kier molecular flexibility index (Phi) is 2.31. The number of hydrogen-bond acceptors (Lipinski definition) is 0. The van der Waals surface area contributed by atoms with Gasteiger partial charge in [0.15, 0.2) is 5.67 Å². The van der Waals surface area contributed by atoms with Crippen LogP contribution in [0.3, 0.4) is 0 Å². The standard InChI is InChI=1S/C5H8F3/c1-3-5(2,8)4(6)7/h3H2,1-2H3. The summed E-state index contributed by atoms with van der Waals surface area (Å²) in [6.45, 7) is 2.24. The molecule has 0 aliphatic carbocycles. The van der Waals surface area contributed by atoms with E-state index in [1.165, 1.54) is 6.92 Å². The average molecular weight is 125 g/mol. The lowest BCUT2D eigenvalue weighted by Crippen LogP contribution is -2.20. The van der Waals surface area contributed by atoms with Gasteiger partial charge < -0.3 is 0 Å². The molecule has 0 rings (SSSR count). The van der Waals surface area contributed by atoms with Gasteiger partial charge in [-0.05, 0) is 13.3 Å². The summed E-state index contributed by atoms with van der Waals surface area (Å²) in [5, 5.41) is 0. The fourth-order valence-corrected chi connectivity index (χ4v) is 0.134. The van der Waals surface area contributed by atoms with E-state index in [0.29, 0.717) is 0 Å². The van der Waals surface area contributed by atoms with Crippen molar-refractivity contribution in [3.8, 4) is 0 Å². The van der Waals surface area contributed by atoms with E-state index in [2.05, 4.69) is 0 Å². The predicted octanol–water partition coefficient (Wildman–Crippen LogP) is 2.55. The Bertz CT molecular complexity index is 68.1. The van der Waals surface area contributed by atoms with Crippen molar-refractivity contribution in [2.24, 2.45) is 0 Å². The second-order valence-electron chi connectivity index (χ2n) is 1.81. The van der Waals surface area contributed by atoms with Crippen molar-refractivity contribution in [1.82, 2.24) is 0 Å². The SMILES string of the molecule is CCC(C)(F)[C](F)F. The Labute approximate surface area is 46.7 Å². The Hall–Kier alpha value is -0.210. The van der Waals surface area contributed by atoms with E-state index in [4.69, 9.17) is 0 Å². The van der Waals surface area contributed by atoms with Crippen LogP contribution in [0.2, 0.25) is 0 Å². The highest BCUT2D eigenvalue weighted by atomic mass is 19.3. The van der Waals surface area contributed by atoms with Gasteiger partial charge in [-0.15, -0.1) is 0 Å². The van der Waals surface area contributed by atoms with Crippen molar-refractivity contribution < 1.29 is 13.2 Å². The van der Waals surface area contributed by atoms with E-state index < -0.39 is 12.1 Å². The minimum Gasteiger partial charge on any atom is -0.237 e. The van der Waals surface area contributed by atoms with Crippen LogP contribution in [-0.4, -0.2) is 5.67 Å². The summed E-state index contributed by atoms with van der Waals surface area (Å²) in [7, 11) is 0. The lowest BCUT2D eigenvalue weighted by atomic mass is 10.1. The van der Waals surface area contributed by atoms with Gasteiger partial charge in [0.2, 0.25) is 0 Å². The molecule has 0 aromatic rings. The molecular weight excluding hydrogens is 117 g/mol. The van der Waals surface area contributed by atoms with Crippen molar-refractivity contribution in [3.05, 3.63) is 6.43 Å². The maximum atomic E-state index is 12.2. The van der Waals surface area contributed by atoms with E-state index in [-0.39, 0.29) is 6.42 Å². The molecule has 0 aromatic heterocycles. The number of alkyl halides is 1. The third-order valence-corrected chi connectivity index (χ3v) is 1.06. The minimum atomic E-state index is -2.38. The lowest BCUT2D eigenvalue weighted by Gasteiger charge is -2.13. The highest BCUT2D eigenvalue weighted by Gasteiger charge is 2.34. The Morgan fingerprint density at radius 3 is 1.88 bits per heavy atom. The first-order chi connectivity index (χ1) is 3.50. The van der Waals surface area contributed by atoms with Crippen LogP contribution in [-0.2, 0) is 0 Å². The molecule has 0 saturated carbocycles. The third-order valence-electron chi connectivity index (χ3n) is 1.06. The van der Waals surface area contributed by atoms with Crippen LogP contribution in [0, 0.1) is 6.43 Å². The van der Waals surface area contributed by atoms with Crippen LogP contribution in [0.1, 0.15) is 20.3 Å². The van der Waals surface area contributed by atoms with Crippen LogP contribution in [0.5, 0.6) is 0 Å². The molecule has 0 nitrogen and oxygen atoms in total. The molecule has 1 unspecified atom stereocenters. The van der Waals surface area contributed by atoms with Crippen molar-refractivity contribution in [2.75, 3.05) is 0 Å². The van der Waals surface area contributed by atoms with Gasteiger partial charge in [0.25, 0.3) is 0 Å². The zero-order chi connectivity index (χ0) is 6.78. The second kappa shape index (κ2) is 2.37. The molecule has 49 valence electrons. The molecule has 0 heterocycles. The molecule has 0 aromatic carbocycles. The maximum Gasteiger partial charge on any atom is 0.346 e. The third kappa shape index (κ3) is 1.72. The zero-order valence-corrected chi connectivity index (χ0v) is 4.84. The molecule has 8 heavy (non-hydrogen) atoms. The first-order valence-electron chi connectivity index (χ1n) is 2.38. The van der Waals surface area contributed by atoms with Gasteiger partial charge in [-0.3, -0.25) is 0 Å². The molecule has 0 spiro atoms. The van der Waals surface area contributed by atoms with Gasteiger partial charge in [-0.2, -0.15) is 8.78 Å². The Morgan fingerprint density at radius 1 is 1.50 bits per heavy atom. The van der Waals surface area contributed by atoms with E-state index >= 15 is 0 Å². The number of hydrogen-bond donors (Lipinski definition) is 0. The highest BCUT2D eigenvalue weighted by Crippen LogP contribution is 2.29. The summed E-state index contributed by atoms with van der Waals surface area (Å²) >= 11 is 0. The second-order valence-corrected chi connectivity index (χ2v) is 1.81. The molecule has 3 heteroatoms. The quantitative estimate of drug-likeness (QED) is 0.532. The van der Waals surface area contributed by atoms with E-state index in [1.807, 2.05) is 0 Å². The molecule has 0 aliphatic rings. The van der Waals surface area contributed by atoms with Crippen molar-refractivity contribution in [3.63, 3.8) is 0 Å². The first kappa shape index (κ1) is 7.79. The van der Waals surface area contributed by atoms with Crippen LogP contribution in [0.25, 0.3) is 0 Å². The molecule has 0 aliphatic heterocycles. The van der Waals surface area contributed by atoms with Gasteiger partial charge in [0.05, 0.1) is 0 Å². The molecule has 0 fully saturated rings. The molecule has 1 atom stereocenters. The monoisotopic (exact) mass is 125 g/mol. The fourth-order valence-electron chi connectivity index (χ4n) is 0.134. The van der Waals surface area contributed by atoms with Crippen LogP contribution >= 0.6 is 0 Å². The summed E-state index contributed by atoms with van der Waals surface area (Å²) in [6.07, 6.45) is -2.31. The van der Waals surface area contributed by atoms with Crippen molar-refractivity contribution in [2.45, 2.75) is 25.9 Å². The van der Waals surface area contributed by atoms with Crippen LogP contribution < -0.4 is 0 Å². The van der Waals surface area contributed by atoms with Gasteiger partial charge in [0, 0.05) is 0 Å². The van der Waals surface area contributed by atoms with Gasteiger partial charge >= 0.3 is 6.43 Å². The molecule has 0 amide bonds. The minimum absolute atomic E-state index is 0.171. The van der Waals surface area contributed by atoms with Gasteiger partial charge in [-0.25, -0.2) is 4.39 Å². The average Bonchev–Trinajstić information content (AvgIpc) is 1.67. The predicted molar refractivity (Wildman–Crippen MR) is 25.3 cm³/mol. The maximum absolute atomic E-state index is 12.2. The first-order valence-corrected chi connectivity index (χ1v) is 2.38. The van der Waals surface area contributed by atoms with Crippen molar-refractivity contribution in [1.29, 1.82) is 0 Å². The van der Waals surface area contributed by atoms with Gasteiger partial charge in [0.1, 0.15) is 0 Å². The van der Waals surface area contributed by atoms with E-state index in [1.54, 1.807) is 0 Å². The molecule has 1 radical (unpaired) electrons. The smallest absolute Gasteiger partial charge is 0.237 e. The lowest BCUT2D eigenvalue weighted by molar-refractivity contribution is 0.0684. The molecule has 0 N–H and O–H groups in total. The summed E-state index contributed by atoms with van der Waals surface area (Å²) in [6, 6.07) is 0. The number of rotatable bonds is 2. The normalized spacial score (nSPS) is 18.8. The summed E-state index contributed by atoms with van der Waals surface area (Å²) < 4.78 is 34.9. The van der Waals surface area contributed by atoms with E-state index in [0.717, 1.165) is 6.92 Å². The fraction of sp³-hybridized carbons (Fsp3) is 0.800. The van der Waals surface area contributed by atoms with Crippen molar-refractivity contribution >= 4 is 0 Å². The topological polar surface area (TPSA) is 0 Å². The van der Waals surface area contributed by atoms with Crippen LogP contribution in [0.15, 0.2) is 0 Å². The molecule has 0 bridgehead atoms. The summed E-state index contributed by atoms with van der Waals surface area (Å²) in [5.41, 5.74) is -2.38. The zero-order valence-electron chi connectivity index (χ0n) is 4.84. The van der Waals surface area contributed by atoms with Gasteiger partial charge in [-0.1, -0.05) is 6.92 Å². The molecule has 0 saturated heterocycles.